The first-order valence-electron chi connectivity index (χ1n) is 8.74. The first-order valence-corrected chi connectivity index (χ1v) is 8.74. The average molecular weight is 341 g/mol. The van der Waals surface area contributed by atoms with Gasteiger partial charge in [0.1, 0.15) is 12.4 Å². The van der Waals surface area contributed by atoms with Gasteiger partial charge in [0.2, 0.25) is 0 Å². The van der Waals surface area contributed by atoms with Crippen molar-refractivity contribution in [1.82, 2.24) is 14.9 Å². The molecule has 6 heteroatoms. The average Bonchev–Trinajstić information content (AvgIpc) is 2.65. The number of ether oxygens (including phenoxy) is 1. The number of aromatic amines is 1. The Morgan fingerprint density at radius 3 is 2.88 bits per heavy atom. The highest BCUT2D eigenvalue weighted by atomic mass is 16.6. The van der Waals surface area contributed by atoms with Crippen molar-refractivity contribution in [2.45, 2.75) is 45.8 Å². The van der Waals surface area contributed by atoms with Crippen LogP contribution < -0.4 is 5.56 Å². The maximum absolute atomic E-state index is 12.3. The fourth-order valence-corrected chi connectivity index (χ4v) is 2.91. The Morgan fingerprint density at radius 2 is 2.12 bits per heavy atom. The molecule has 25 heavy (non-hydrogen) atoms. The summed E-state index contributed by atoms with van der Waals surface area (Å²) in [5, 5.41) is 0. The van der Waals surface area contributed by atoms with Crippen LogP contribution in [0.2, 0.25) is 0 Å². The van der Waals surface area contributed by atoms with E-state index in [-0.39, 0.29) is 18.7 Å². The molecule has 0 bridgehead atoms. The second-order valence-electron chi connectivity index (χ2n) is 6.25. The molecule has 1 aliphatic rings. The normalized spacial score (nSPS) is 13.4. The van der Waals surface area contributed by atoms with E-state index in [0.717, 1.165) is 36.3 Å². The highest BCUT2D eigenvalue weighted by Crippen LogP contribution is 2.15. The van der Waals surface area contributed by atoms with Gasteiger partial charge in [-0.05, 0) is 12.0 Å². The summed E-state index contributed by atoms with van der Waals surface area (Å²) in [6, 6.07) is 9.54. The van der Waals surface area contributed by atoms with Crippen molar-refractivity contribution in [3.05, 3.63) is 63.3 Å². The van der Waals surface area contributed by atoms with Gasteiger partial charge < -0.3 is 14.6 Å². The first kappa shape index (κ1) is 17.2. The van der Waals surface area contributed by atoms with Gasteiger partial charge in [-0.15, -0.1) is 0 Å². The zero-order valence-electron chi connectivity index (χ0n) is 14.5. The topological polar surface area (TPSA) is 75.3 Å². The lowest BCUT2D eigenvalue weighted by molar-refractivity contribution is 0.0913. The predicted molar refractivity (Wildman–Crippen MR) is 94.2 cm³/mol. The summed E-state index contributed by atoms with van der Waals surface area (Å²) in [6.45, 7) is 3.10. The van der Waals surface area contributed by atoms with E-state index in [9.17, 15) is 9.59 Å². The molecule has 2 heterocycles. The molecule has 132 valence electrons. The molecule has 1 N–H and O–H groups in total. The Balaban J connectivity index is 1.64. The Hall–Kier alpha value is -2.63. The highest BCUT2D eigenvalue weighted by molar-refractivity contribution is 5.68. The smallest absolute Gasteiger partial charge is 0.410 e. The number of carbonyl (C=O) groups is 1. The summed E-state index contributed by atoms with van der Waals surface area (Å²) in [7, 11) is 0. The summed E-state index contributed by atoms with van der Waals surface area (Å²) < 4.78 is 5.35. The quantitative estimate of drug-likeness (QED) is 0.907. The van der Waals surface area contributed by atoms with Gasteiger partial charge in [0.05, 0.1) is 17.8 Å². The van der Waals surface area contributed by atoms with Crippen LogP contribution in [0.15, 0.2) is 35.1 Å². The van der Waals surface area contributed by atoms with Crippen molar-refractivity contribution in [3.8, 4) is 0 Å². The number of benzene rings is 1. The maximum atomic E-state index is 12.3. The maximum Gasteiger partial charge on any atom is 0.410 e. The number of aromatic nitrogens is 2. The lowest BCUT2D eigenvalue weighted by Crippen LogP contribution is -2.40. The molecule has 3 rings (SSSR count). The van der Waals surface area contributed by atoms with E-state index in [2.05, 4.69) is 16.9 Å². The van der Waals surface area contributed by atoms with E-state index in [0.29, 0.717) is 18.5 Å². The van der Waals surface area contributed by atoms with Crippen LogP contribution in [-0.4, -0.2) is 27.5 Å². The molecule has 0 spiro atoms. The molecule has 1 aliphatic heterocycles. The van der Waals surface area contributed by atoms with Gasteiger partial charge in [-0.25, -0.2) is 9.78 Å². The third kappa shape index (κ3) is 4.26. The van der Waals surface area contributed by atoms with E-state index in [1.54, 1.807) is 4.90 Å². The van der Waals surface area contributed by atoms with Crippen molar-refractivity contribution < 1.29 is 9.53 Å². The zero-order valence-corrected chi connectivity index (χ0v) is 14.5. The largest absolute Gasteiger partial charge is 0.445 e. The lowest BCUT2D eigenvalue weighted by Gasteiger charge is -2.27. The molecule has 0 atom stereocenters. The van der Waals surface area contributed by atoms with Gasteiger partial charge in [0.15, 0.2) is 0 Å². The van der Waals surface area contributed by atoms with Crippen LogP contribution in [0.3, 0.4) is 0 Å². The Morgan fingerprint density at radius 1 is 1.32 bits per heavy atom. The van der Waals surface area contributed by atoms with Crippen molar-refractivity contribution in [2.75, 3.05) is 6.54 Å². The van der Waals surface area contributed by atoms with Crippen molar-refractivity contribution in [3.63, 3.8) is 0 Å². The minimum Gasteiger partial charge on any atom is -0.445 e. The minimum atomic E-state index is -0.399. The number of rotatable bonds is 5. The Labute approximate surface area is 146 Å². The van der Waals surface area contributed by atoms with E-state index in [1.807, 2.05) is 30.3 Å². The van der Waals surface area contributed by atoms with Crippen LogP contribution in [0.5, 0.6) is 0 Å². The van der Waals surface area contributed by atoms with E-state index >= 15 is 0 Å². The third-order valence-corrected chi connectivity index (χ3v) is 4.35. The molecule has 0 aliphatic carbocycles. The van der Waals surface area contributed by atoms with Gasteiger partial charge in [-0.2, -0.15) is 0 Å². The summed E-state index contributed by atoms with van der Waals surface area (Å²) in [5.41, 5.74) is 2.18. The number of carbonyl (C=O) groups excluding carboxylic acids is 1. The Bertz CT molecular complexity index is 786. The fourth-order valence-electron chi connectivity index (χ4n) is 2.91. The summed E-state index contributed by atoms with van der Waals surface area (Å²) in [5.74, 6) is 0.741. The number of hydrogen-bond donors (Lipinski definition) is 1. The molecule has 2 aromatic rings. The third-order valence-electron chi connectivity index (χ3n) is 4.35. The van der Waals surface area contributed by atoms with E-state index in [4.69, 9.17) is 4.74 Å². The van der Waals surface area contributed by atoms with Crippen LogP contribution in [0.25, 0.3) is 0 Å². The predicted octanol–water partition coefficient (Wildman–Crippen LogP) is 2.81. The van der Waals surface area contributed by atoms with E-state index < -0.39 is 6.09 Å². The fraction of sp³-hybridized carbons (Fsp3) is 0.421. The SMILES string of the molecule is CCCCc1nc2c(c(=O)[nH]1)CN(C(=O)OCc1ccccc1)CC2. The number of amides is 1. The molecule has 0 saturated heterocycles. The molecule has 0 saturated carbocycles. The van der Waals surface area contributed by atoms with Crippen LogP contribution in [0.4, 0.5) is 4.79 Å². The molecular weight excluding hydrogens is 318 g/mol. The first-order chi connectivity index (χ1) is 12.2. The van der Waals surface area contributed by atoms with Crippen LogP contribution in [-0.2, 0) is 30.7 Å². The molecule has 1 amide bonds. The number of nitrogens with one attached hydrogen (secondary N) is 1. The summed E-state index contributed by atoms with van der Waals surface area (Å²) >= 11 is 0. The highest BCUT2D eigenvalue weighted by Gasteiger charge is 2.25. The van der Waals surface area contributed by atoms with Crippen LogP contribution in [0, 0.1) is 0 Å². The molecule has 0 radical (unpaired) electrons. The molecule has 1 aromatic heterocycles. The van der Waals surface area contributed by atoms with E-state index in [1.165, 1.54) is 0 Å². The Kier molecular flexibility index (Phi) is 5.48. The molecular formula is C19H23N3O3. The van der Waals surface area contributed by atoms with Gasteiger partial charge in [-0.3, -0.25) is 4.79 Å². The summed E-state index contributed by atoms with van der Waals surface area (Å²) in [4.78, 5) is 33.6. The second kappa shape index (κ2) is 7.96. The standard InChI is InChI=1S/C19H23N3O3/c1-2-3-9-17-20-16-10-11-22(12-15(16)18(23)21-17)19(24)25-13-14-7-5-4-6-8-14/h4-8H,2-3,9-13H2,1H3,(H,20,21,23). The van der Waals surface area contributed by atoms with Gasteiger partial charge in [0, 0.05) is 19.4 Å². The molecule has 0 fully saturated rings. The lowest BCUT2D eigenvalue weighted by atomic mass is 10.1. The molecule has 1 aromatic carbocycles. The number of unbranched alkanes of at least 4 members (excludes halogenated alkanes) is 1. The van der Waals surface area contributed by atoms with Crippen molar-refractivity contribution in [1.29, 1.82) is 0 Å². The van der Waals surface area contributed by atoms with Crippen LogP contribution in [0.1, 0.15) is 42.4 Å². The number of H-pyrrole nitrogens is 1. The van der Waals surface area contributed by atoms with Gasteiger partial charge >= 0.3 is 6.09 Å². The van der Waals surface area contributed by atoms with Gasteiger partial charge in [-0.1, -0.05) is 43.7 Å². The second-order valence-corrected chi connectivity index (χ2v) is 6.25. The van der Waals surface area contributed by atoms with Crippen LogP contribution >= 0.6 is 0 Å². The van der Waals surface area contributed by atoms with Gasteiger partial charge in [0.25, 0.3) is 5.56 Å². The molecule has 6 nitrogen and oxygen atoms in total. The number of aryl methyl sites for hydroxylation is 1. The van der Waals surface area contributed by atoms with Crippen molar-refractivity contribution >= 4 is 6.09 Å². The number of fused-ring (bicyclic) bond motifs is 1. The summed E-state index contributed by atoms with van der Waals surface area (Å²) in [6.07, 6.45) is 3.02. The minimum absolute atomic E-state index is 0.142. The zero-order chi connectivity index (χ0) is 17.6. The monoisotopic (exact) mass is 341 g/mol. The molecule has 0 unspecified atom stereocenters. The van der Waals surface area contributed by atoms with Crippen molar-refractivity contribution in [2.24, 2.45) is 0 Å². The number of hydrogen-bond acceptors (Lipinski definition) is 4. The number of nitrogens with zero attached hydrogens (tertiary/aromatic N) is 2.